The Bertz CT molecular complexity index is 227. The molecule has 0 N–H and O–H groups in total. The maximum absolute atomic E-state index is 10.8. The van der Waals surface area contributed by atoms with Gasteiger partial charge in [-0.25, -0.2) is 0 Å². The number of fused-ring (bicyclic) bond motifs is 2. The number of carbonyl (C=O) groups excluding carboxylic acids is 1. The third kappa shape index (κ3) is 0.886. The van der Waals surface area contributed by atoms with Gasteiger partial charge in [0.15, 0.2) is 0 Å². The van der Waals surface area contributed by atoms with Gasteiger partial charge in [0, 0.05) is 5.92 Å². The lowest BCUT2D eigenvalue weighted by Crippen LogP contribution is -2.21. The predicted octanol–water partition coefficient (Wildman–Crippen LogP) is 2.38. The van der Waals surface area contributed by atoms with Gasteiger partial charge in [0.25, 0.3) is 0 Å². The van der Waals surface area contributed by atoms with E-state index in [0.717, 1.165) is 12.7 Å². The van der Waals surface area contributed by atoms with Crippen LogP contribution in [0, 0.1) is 23.7 Å². The summed E-state index contributed by atoms with van der Waals surface area (Å²) in [5.74, 6) is 3.02. The van der Waals surface area contributed by atoms with Crippen LogP contribution in [-0.4, -0.2) is 6.29 Å². The van der Waals surface area contributed by atoms with E-state index in [2.05, 4.69) is 19.9 Å². The van der Waals surface area contributed by atoms with Crippen molar-refractivity contribution in [2.24, 2.45) is 17.8 Å². The topological polar surface area (TPSA) is 17.1 Å². The van der Waals surface area contributed by atoms with Gasteiger partial charge in [-0.3, -0.25) is 0 Å². The second-order valence-electron chi connectivity index (χ2n) is 4.03. The molecule has 2 bridgehead atoms. The van der Waals surface area contributed by atoms with E-state index < -0.39 is 0 Å². The molecule has 2 aliphatic rings. The number of hydrogen-bond donors (Lipinski definition) is 0. The molecule has 0 spiro atoms. The van der Waals surface area contributed by atoms with Crippen molar-refractivity contribution in [1.82, 2.24) is 0 Å². The Morgan fingerprint density at radius 2 is 2.25 bits per heavy atom. The fourth-order valence-electron chi connectivity index (χ4n) is 2.81. The lowest BCUT2D eigenvalue weighted by atomic mass is 9.79. The van der Waals surface area contributed by atoms with Crippen molar-refractivity contribution in [2.45, 2.75) is 26.7 Å². The summed E-state index contributed by atoms with van der Waals surface area (Å²) in [5.41, 5.74) is 1.57. The average Bonchev–Trinajstić information content (AvgIpc) is 2.60. The summed E-state index contributed by atoms with van der Waals surface area (Å²) in [6.45, 7) is 4.32. The fourth-order valence-corrected chi connectivity index (χ4v) is 2.81. The van der Waals surface area contributed by atoms with Crippen molar-refractivity contribution in [2.75, 3.05) is 0 Å². The molecule has 3 atom stereocenters. The predicted molar refractivity (Wildman–Crippen MR) is 48.4 cm³/mol. The van der Waals surface area contributed by atoms with Gasteiger partial charge in [0.1, 0.15) is 6.29 Å². The van der Waals surface area contributed by atoms with E-state index in [1.807, 2.05) is 0 Å². The molecular formula is C11H15O. The minimum absolute atomic E-state index is 0.277. The van der Waals surface area contributed by atoms with E-state index in [-0.39, 0.29) is 5.92 Å². The lowest BCUT2D eigenvalue weighted by Gasteiger charge is -2.25. The first-order valence-corrected chi connectivity index (χ1v) is 4.73. The first-order chi connectivity index (χ1) is 5.77. The molecule has 2 fully saturated rings. The van der Waals surface area contributed by atoms with Crippen LogP contribution in [-0.2, 0) is 4.79 Å². The third-order valence-electron chi connectivity index (χ3n) is 3.58. The second kappa shape index (κ2) is 2.72. The molecule has 0 amide bonds. The highest BCUT2D eigenvalue weighted by Gasteiger charge is 2.47. The molecular weight excluding hydrogens is 148 g/mol. The fraction of sp³-hybridized carbons (Fsp3) is 0.636. The number of carbonyl (C=O) groups is 1. The van der Waals surface area contributed by atoms with E-state index in [9.17, 15) is 4.79 Å². The summed E-state index contributed by atoms with van der Waals surface area (Å²) in [7, 11) is 0. The van der Waals surface area contributed by atoms with Gasteiger partial charge in [-0.1, -0.05) is 18.6 Å². The smallest absolute Gasteiger partial charge is 0.123 e. The van der Waals surface area contributed by atoms with E-state index in [0.29, 0.717) is 11.8 Å². The highest BCUT2D eigenvalue weighted by Crippen LogP contribution is 2.55. The first kappa shape index (κ1) is 8.03. The van der Waals surface area contributed by atoms with Gasteiger partial charge in [-0.2, -0.15) is 0 Å². The van der Waals surface area contributed by atoms with Gasteiger partial charge in [-0.15, -0.1) is 0 Å². The number of hydrogen-bond acceptors (Lipinski definition) is 1. The van der Waals surface area contributed by atoms with Crippen molar-refractivity contribution in [3.05, 3.63) is 17.6 Å². The van der Waals surface area contributed by atoms with E-state index >= 15 is 0 Å². The molecule has 0 aliphatic heterocycles. The summed E-state index contributed by atoms with van der Waals surface area (Å²) in [6.07, 6.45) is 5.67. The van der Waals surface area contributed by atoms with Gasteiger partial charge in [0.05, 0.1) is 0 Å². The van der Waals surface area contributed by atoms with Gasteiger partial charge >= 0.3 is 0 Å². The monoisotopic (exact) mass is 163 g/mol. The molecule has 1 radical (unpaired) electrons. The molecule has 0 heterocycles. The standard InChI is InChI=1S/C11H15O/c1-3-8-4-9-5-10(8)7(2)11(9)6-12/h3,6-7,10-11H,4-5H2,1-2H3. The molecule has 3 unspecified atom stereocenters. The Labute approximate surface area is 73.8 Å². The maximum atomic E-state index is 10.8. The zero-order chi connectivity index (χ0) is 8.72. The van der Waals surface area contributed by atoms with E-state index in [1.54, 1.807) is 5.57 Å². The zero-order valence-electron chi connectivity index (χ0n) is 7.71. The number of rotatable bonds is 1. The van der Waals surface area contributed by atoms with Gasteiger partial charge in [0.2, 0.25) is 0 Å². The van der Waals surface area contributed by atoms with Crippen molar-refractivity contribution in [1.29, 1.82) is 0 Å². The minimum atomic E-state index is 0.277. The highest BCUT2D eigenvalue weighted by atomic mass is 16.1. The maximum Gasteiger partial charge on any atom is 0.123 e. The number of aldehydes is 1. The first-order valence-electron chi connectivity index (χ1n) is 4.73. The lowest BCUT2D eigenvalue weighted by molar-refractivity contribution is -0.111. The summed E-state index contributed by atoms with van der Waals surface area (Å²) >= 11 is 0. The molecule has 1 nitrogen and oxygen atoms in total. The molecule has 2 aliphatic carbocycles. The van der Waals surface area contributed by atoms with Crippen molar-refractivity contribution >= 4 is 6.29 Å². The third-order valence-corrected chi connectivity index (χ3v) is 3.58. The van der Waals surface area contributed by atoms with E-state index in [1.165, 1.54) is 12.3 Å². The summed E-state index contributed by atoms with van der Waals surface area (Å²) in [4.78, 5) is 10.8. The van der Waals surface area contributed by atoms with Crippen molar-refractivity contribution in [3.63, 3.8) is 0 Å². The molecule has 65 valence electrons. The molecule has 0 aromatic heterocycles. The van der Waals surface area contributed by atoms with Gasteiger partial charge in [-0.05, 0) is 37.5 Å². The average molecular weight is 163 g/mol. The molecule has 12 heavy (non-hydrogen) atoms. The summed E-state index contributed by atoms with van der Waals surface area (Å²) in [6, 6.07) is 0. The Balaban J connectivity index is 2.23. The Morgan fingerprint density at radius 1 is 1.50 bits per heavy atom. The van der Waals surface area contributed by atoms with Crippen LogP contribution in [0.2, 0.25) is 0 Å². The molecule has 1 heteroatoms. The van der Waals surface area contributed by atoms with Crippen LogP contribution in [0.25, 0.3) is 0 Å². The van der Waals surface area contributed by atoms with Crippen LogP contribution in [0.1, 0.15) is 26.7 Å². The van der Waals surface area contributed by atoms with Crippen LogP contribution in [0.3, 0.4) is 0 Å². The van der Waals surface area contributed by atoms with Crippen LogP contribution in [0.4, 0.5) is 0 Å². The summed E-state index contributed by atoms with van der Waals surface area (Å²) < 4.78 is 0. The second-order valence-corrected chi connectivity index (χ2v) is 4.03. The molecule has 0 saturated heterocycles. The van der Waals surface area contributed by atoms with Crippen molar-refractivity contribution < 1.29 is 4.79 Å². The van der Waals surface area contributed by atoms with Crippen LogP contribution >= 0.6 is 0 Å². The molecule has 2 saturated carbocycles. The quantitative estimate of drug-likeness (QED) is 0.428. The molecule has 2 rings (SSSR count). The number of allylic oxidation sites excluding steroid dienone is 2. The van der Waals surface area contributed by atoms with Crippen molar-refractivity contribution in [3.8, 4) is 0 Å². The van der Waals surface area contributed by atoms with Gasteiger partial charge < -0.3 is 4.79 Å². The van der Waals surface area contributed by atoms with Crippen LogP contribution in [0.15, 0.2) is 11.6 Å². The van der Waals surface area contributed by atoms with Crippen LogP contribution < -0.4 is 0 Å². The Morgan fingerprint density at radius 3 is 2.75 bits per heavy atom. The Kier molecular flexibility index (Phi) is 1.82. The molecule has 0 aromatic carbocycles. The normalized spacial score (nSPS) is 44.2. The highest BCUT2D eigenvalue weighted by molar-refractivity contribution is 5.61. The SMILES string of the molecule is CC=C1C[C]2CC1C(C)C2C=O. The minimum Gasteiger partial charge on any atom is -0.303 e. The summed E-state index contributed by atoms with van der Waals surface area (Å²) in [5, 5.41) is 0. The Hall–Kier alpha value is -0.590. The van der Waals surface area contributed by atoms with Crippen LogP contribution in [0.5, 0.6) is 0 Å². The largest absolute Gasteiger partial charge is 0.303 e. The molecule has 0 aromatic rings. The van der Waals surface area contributed by atoms with E-state index in [4.69, 9.17) is 0 Å². The zero-order valence-corrected chi connectivity index (χ0v) is 7.71.